The van der Waals surface area contributed by atoms with E-state index in [2.05, 4.69) is 15.6 Å². The van der Waals surface area contributed by atoms with Crippen molar-refractivity contribution in [3.63, 3.8) is 0 Å². The number of amidine groups is 1. The number of benzene rings is 2. The molecule has 0 radical (unpaired) electrons. The number of ether oxygens (including phenoxy) is 2. The van der Waals surface area contributed by atoms with Crippen molar-refractivity contribution in [3.8, 4) is 0 Å². The number of halogens is 3. The Morgan fingerprint density at radius 1 is 1.04 bits per heavy atom. The average Bonchev–Trinajstić information content (AvgIpc) is 3.03. The van der Waals surface area contributed by atoms with Gasteiger partial charge in [0.05, 0.1) is 45.0 Å². The topological polar surface area (TPSA) is 165 Å². The van der Waals surface area contributed by atoms with Crippen LogP contribution in [0, 0.1) is 0 Å². The van der Waals surface area contributed by atoms with Crippen LogP contribution >= 0.6 is 0 Å². The van der Waals surface area contributed by atoms with Crippen molar-refractivity contribution in [1.29, 1.82) is 0 Å². The maximum atomic E-state index is 14.7. The normalized spacial score (nSPS) is 16.3. The van der Waals surface area contributed by atoms with Gasteiger partial charge in [0.15, 0.2) is 5.78 Å². The van der Waals surface area contributed by atoms with Gasteiger partial charge in [-0.15, -0.1) is 0 Å². The molecule has 0 fully saturated rings. The zero-order valence-electron chi connectivity index (χ0n) is 26.5. The molecule has 14 heteroatoms. The van der Waals surface area contributed by atoms with E-state index in [9.17, 15) is 27.9 Å². The summed E-state index contributed by atoms with van der Waals surface area (Å²) in [6, 6.07) is 15.7. The van der Waals surface area contributed by atoms with Crippen molar-refractivity contribution >= 4 is 17.6 Å². The van der Waals surface area contributed by atoms with E-state index < -0.39 is 36.3 Å². The number of hydrogen-bond acceptors (Lipinski definition) is 10. The molecule has 0 bridgehead atoms. The highest BCUT2D eigenvalue weighted by atomic mass is 19.4. The number of hydrogen-bond donors (Lipinski definition) is 5. The van der Waals surface area contributed by atoms with Gasteiger partial charge in [-0.1, -0.05) is 60.7 Å². The zero-order chi connectivity index (χ0) is 34.3. The number of nitrogens with one attached hydrogen (secondary N) is 2. The molecule has 7 N–H and O–H groups in total. The molecule has 1 aliphatic rings. The molecule has 0 saturated carbocycles. The van der Waals surface area contributed by atoms with E-state index in [1.165, 1.54) is 13.1 Å². The van der Waals surface area contributed by atoms with Gasteiger partial charge in [0.2, 0.25) is 0 Å². The van der Waals surface area contributed by atoms with Crippen molar-refractivity contribution in [2.45, 2.75) is 49.6 Å². The molecule has 0 amide bonds. The summed E-state index contributed by atoms with van der Waals surface area (Å²) >= 11 is 0. The Hall–Kier alpha value is -3.66. The van der Waals surface area contributed by atoms with Crippen molar-refractivity contribution < 1.29 is 37.3 Å². The number of ketones is 1. The molecule has 1 aliphatic heterocycles. The Kier molecular flexibility index (Phi) is 15.0. The van der Waals surface area contributed by atoms with Crippen LogP contribution in [-0.2, 0) is 24.7 Å². The third-order valence-corrected chi connectivity index (χ3v) is 7.76. The van der Waals surface area contributed by atoms with E-state index >= 15 is 0 Å². The number of nitrogens with zero attached hydrogens (tertiary/aromatic N) is 2. The number of alkyl halides is 3. The lowest BCUT2D eigenvalue weighted by molar-refractivity contribution is -0.176. The zero-order valence-corrected chi connectivity index (χ0v) is 26.5. The molecule has 11 nitrogen and oxygen atoms in total. The van der Waals surface area contributed by atoms with Crippen LogP contribution in [0.5, 0.6) is 0 Å². The minimum absolute atomic E-state index is 0.0467. The molecule has 3 unspecified atom stereocenters. The molecular weight excluding hydrogens is 617 g/mol. The van der Waals surface area contributed by atoms with Crippen LogP contribution in [0.2, 0.25) is 0 Å². The molecular formula is C33H45F3N6O5. The summed E-state index contributed by atoms with van der Waals surface area (Å²) in [6.07, 6.45) is -5.21. The maximum Gasteiger partial charge on any atom is 0.392 e. The summed E-state index contributed by atoms with van der Waals surface area (Å²) in [4.78, 5) is 30.5. The molecule has 2 aromatic carbocycles. The van der Waals surface area contributed by atoms with E-state index in [0.717, 1.165) is 5.56 Å². The molecule has 0 spiro atoms. The monoisotopic (exact) mass is 662 g/mol. The van der Waals surface area contributed by atoms with E-state index in [-0.39, 0.29) is 56.3 Å². The summed E-state index contributed by atoms with van der Waals surface area (Å²) in [5.41, 5.74) is 10.7. The summed E-state index contributed by atoms with van der Waals surface area (Å²) in [7, 11) is 1.43. The second-order valence-corrected chi connectivity index (χ2v) is 11.1. The molecule has 2 aromatic rings. The molecule has 258 valence electrons. The lowest BCUT2D eigenvalue weighted by Crippen LogP contribution is -2.63. The number of nitrogens with two attached hydrogens (primary N) is 2. The number of carboxylic acids is 1. The highest BCUT2D eigenvalue weighted by Gasteiger charge is 2.50. The van der Waals surface area contributed by atoms with Gasteiger partial charge in [-0.25, -0.2) is 4.99 Å². The minimum Gasteiger partial charge on any atom is -0.481 e. The number of carbonyl (C=O) groups excluding carboxylic acids is 1. The van der Waals surface area contributed by atoms with Gasteiger partial charge >= 0.3 is 12.1 Å². The maximum absolute atomic E-state index is 14.7. The van der Waals surface area contributed by atoms with Crippen LogP contribution in [-0.4, -0.2) is 92.9 Å². The van der Waals surface area contributed by atoms with Crippen molar-refractivity contribution in [3.05, 3.63) is 83.6 Å². The molecule has 1 heterocycles. The van der Waals surface area contributed by atoms with Crippen molar-refractivity contribution in [2.24, 2.45) is 16.5 Å². The number of aliphatic imine (C=N–C) groups is 1. The van der Waals surface area contributed by atoms with Gasteiger partial charge < -0.3 is 31.4 Å². The minimum atomic E-state index is -4.66. The van der Waals surface area contributed by atoms with Gasteiger partial charge in [0, 0.05) is 44.2 Å². The smallest absolute Gasteiger partial charge is 0.392 e. The third-order valence-electron chi connectivity index (χ3n) is 7.76. The van der Waals surface area contributed by atoms with E-state index in [1.54, 1.807) is 47.4 Å². The number of allylic oxidation sites excluding steroid dienone is 1. The Morgan fingerprint density at radius 3 is 2.26 bits per heavy atom. The predicted octanol–water partition coefficient (Wildman–Crippen LogP) is 3.08. The van der Waals surface area contributed by atoms with Crippen molar-refractivity contribution in [2.75, 3.05) is 53.1 Å². The van der Waals surface area contributed by atoms with E-state index in [4.69, 9.17) is 20.9 Å². The van der Waals surface area contributed by atoms with Crippen LogP contribution in [0.15, 0.2) is 77.4 Å². The summed E-state index contributed by atoms with van der Waals surface area (Å²) in [5, 5.41) is 16.2. The Morgan fingerprint density at radius 2 is 1.68 bits per heavy atom. The van der Waals surface area contributed by atoms with Gasteiger partial charge in [0.1, 0.15) is 11.5 Å². The van der Waals surface area contributed by atoms with Crippen LogP contribution in [0.1, 0.15) is 42.9 Å². The van der Waals surface area contributed by atoms with Crippen molar-refractivity contribution in [1.82, 2.24) is 15.5 Å². The number of aliphatic carboxylic acids is 1. The van der Waals surface area contributed by atoms with Gasteiger partial charge in [-0.3, -0.25) is 19.8 Å². The van der Waals surface area contributed by atoms with Gasteiger partial charge in [0.25, 0.3) is 0 Å². The lowest BCUT2D eigenvalue weighted by atomic mass is 9.86. The first-order valence-corrected chi connectivity index (χ1v) is 15.5. The summed E-state index contributed by atoms with van der Waals surface area (Å²) in [5.74, 6) is -1.39. The number of rotatable bonds is 21. The standard InChI is InChI=1S/C33H45F3N6O5/c1-39-32(23-33(34,35)36,25-10-6-3-7-11-25)42(22-26-20-27(43)21-29(38)41-26)28(12-13-30(44)45)31(24-8-4-2-5-9-24)40-15-17-47-19-18-46-16-14-37/h2-11,20,28,31,39-40H,12-19,21-23,37H2,1H3,(H2,38,41)(H,44,45). The van der Waals surface area contributed by atoms with Crippen LogP contribution < -0.4 is 22.1 Å². The Labute approximate surface area is 273 Å². The summed E-state index contributed by atoms with van der Waals surface area (Å²) < 4.78 is 55.0. The highest BCUT2D eigenvalue weighted by molar-refractivity contribution is 6.07. The van der Waals surface area contributed by atoms with E-state index in [1.807, 2.05) is 18.2 Å². The third kappa shape index (κ3) is 11.8. The second-order valence-electron chi connectivity index (χ2n) is 11.1. The highest BCUT2D eigenvalue weighted by Crippen LogP contribution is 2.42. The predicted molar refractivity (Wildman–Crippen MR) is 172 cm³/mol. The first-order chi connectivity index (χ1) is 22.5. The van der Waals surface area contributed by atoms with Gasteiger partial charge in [-0.05, 0) is 24.6 Å². The fraction of sp³-hybridized carbons (Fsp3) is 0.485. The van der Waals surface area contributed by atoms with Crippen LogP contribution in [0.4, 0.5) is 13.2 Å². The SMILES string of the molecule is CNC(CC(F)(F)F)(c1ccccc1)N(CC1=CC(=O)CC(N)=N1)C(CCC(=O)O)C(NCCOCCOCCN)c1ccccc1. The second kappa shape index (κ2) is 18.6. The van der Waals surface area contributed by atoms with Gasteiger partial charge in [-0.2, -0.15) is 13.2 Å². The Balaban J connectivity index is 2.17. The fourth-order valence-electron chi connectivity index (χ4n) is 5.81. The largest absolute Gasteiger partial charge is 0.481 e. The quantitative estimate of drug-likeness (QED) is 0.0992. The molecule has 0 saturated heterocycles. The van der Waals surface area contributed by atoms with Crippen LogP contribution in [0.3, 0.4) is 0 Å². The molecule has 47 heavy (non-hydrogen) atoms. The number of carboxylic acid groups (broad SMARTS) is 1. The molecule has 3 rings (SSSR count). The first-order valence-electron chi connectivity index (χ1n) is 15.5. The molecule has 0 aromatic heterocycles. The lowest BCUT2D eigenvalue weighted by Gasteiger charge is -2.51. The summed E-state index contributed by atoms with van der Waals surface area (Å²) in [6.45, 7) is 1.76. The average molecular weight is 663 g/mol. The fourth-order valence-corrected chi connectivity index (χ4v) is 5.81. The van der Waals surface area contributed by atoms with E-state index in [0.29, 0.717) is 31.9 Å². The first kappa shape index (κ1) is 37.8. The molecule has 0 aliphatic carbocycles. The van der Waals surface area contributed by atoms with Crippen LogP contribution in [0.25, 0.3) is 0 Å². The number of carbonyl (C=O) groups is 2. The Bertz CT molecular complexity index is 1330. The molecule has 3 atom stereocenters.